The van der Waals surface area contributed by atoms with Gasteiger partial charge >= 0.3 is 0 Å². The first-order valence-corrected chi connectivity index (χ1v) is 10.4. The number of nitrogens with zero attached hydrogens (tertiary/aromatic N) is 5. The molecule has 2 fully saturated rings. The van der Waals surface area contributed by atoms with E-state index < -0.39 is 0 Å². The fourth-order valence-electron chi connectivity index (χ4n) is 4.66. The summed E-state index contributed by atoms with van der Waals surface area (Å²) in [4.78, 5) is 28.7. The van der Waals surface area contributed by atoms with Gasteiger partial charge in [-0.15, -0.1) is 0 Å². The molecule has 1 aliphatic carbocycles. The second-order valence-electron chi connectivity index (χ2n) is 8.17. The fraction of sp³-hybridized carbons (Fsp3) is 0.333. The molecule has 2 aromatic heterocycles. The predicted molar refractivity (Wildman–Crippen MR) is 115 cm³/mol. The highest BCUT2D eigenvalue weighted by molar-refractivity contribution is 6.44. The van der Waals surface area contributed by atoms with Crippen molar-refractivity contribution in [3.8, 4) is 6.07 Å². The van der Waals surface area contributed by atoms with Crippen molar-refractivity contribution in [3.05, 3.63) is 51.9 Å². The topological polar surface area (TPSA) is 88.9 Å². The lowest BCUT2D eigenvalue weighted by Crippen LogP contribution is -2.67. The van der Waals surface area contributed by atoms with Crippen LogP contribution in [0.2, 0.25) is 10.0 Å². The molecule has 0 bridgehead atoms. The molecule has 1 aliphatic heterocycles. The van der Waals surface area contributed by atoms with E-state index in [4.69, 9.17) is 28.5 Å². The van der Waals surface area contributed by atoms with Crippen LogP contribution in [0, 0.1) is 16.7 Å². The van der Waals surface area contributed by atoms with Crippen LogP contribution in [-0.2, 0) is 0 Å². The minimum atomic E-state index is -0.140. The van der Waals surface area contributed by atoms with E-state index in [0.717, 1.165) is 29.7 Å². The minimum Gasteiger partial charge on any atom is -0.356 e. The van der Waals surface area contributed by atoms with Crippen LogP contribution in [0.4, 0.5) is 5.82 Å². The lowest BCUT2D eigenvalue weighted by atomic mass is 9.60. The summed E-state index contributed by atoms with van der Waals surface area (Å²) in [6, 6.07) is 7.46. The average molecular weight is 441 g/mol. The number of nitriles is 1. The minimum absolute atomic E-state index is 0.131. The van der Waals surface area contributed by atoms with E-state index >= 15 is 0 Å². The molecule has 1 saturated carbocycles. The third kappa shape index (κ3) is 2.83. The Kier molecular flexibility index (Phi) is 4.38. The first-order valence-electron chi connectivity index (χ1n) is 9.61. The molecule has 0 radical (unpaired) electrons. The van der Waals surface area contributed by atoms with Crippen molar-refractivity contribution >= 4 is 46.0 Å². The van der Waals surface area contributed by atoms with Gasteiger partial charge in [-0.3, -0.25) is 4.79 Å². The van der Waals surface area contributed by atoms with Crippen LogP contribution in [0.25, 0.3) is 11.0 Å². The summed E-state index contributed by atoms with van der Waals surface area (Å²) in [5.41, 5.74) is 1.60. The van der Waals surface area contributed by atoms with Gasteiger partial charge in [-0.2, -0.15) is 5.26 Å². The van der Waals surface area contributed by atoms with Crippen molar-refractivity contribution < 1.29 is 4.79 Å². The first kappa shape index (κ1) is 19.2. The number of aromatic amines is 1. The maximum atomic E-state index is 12.9. The van der Waals surface area contributed by atoms with Gasteiger partial charge in [0.2, 0.25) is 0 Å². The molecule has 1 aromatic carbocycles. The van der Waals surface area contributed by atoms with E-state index in [1.54, 1.807) is 17.3 Å². The van der Waals surface area contributed by atoms with Crippen LogP contribution >= 0.6 is 23.2 Å². The van der Waals surface area contributed by atoms with E-state index in [1.165, 1.54) is 6.07 Å². The van der Waals surface area contributed by atoms with Gasteiger partial charge in [-0.25, -0.2) is 9.97 Å². The number of amides is 1. The van der Waals surface area contributed by atoms with E-state index in [2.05, 4.69) is 26.9 Å². The van der Waals surface area contributed by atoms with E-state index in [-0.39, 0.29) is 26.9 Å². The summed E-state index contributed by atoms with van der Waals surface area (Å²) < 4.78 is 0. The highest BCUT2D eigenvalue weighted by Gasteiger charge is 2.55. The Bertz CT molecular complexity index is 1200. The maximum Gasteiger partial charge on any atom is 0.255 e. The third-order valence-electron chi connectivity index (χ3n) is 6.32. The van der Waals surface area contributed by atoms with Gasteiger partial charge in [-0.05, 0) is 31.0 Å². The van der Waals surface area contributed by atoms with Crippen LogP contribution in [0.3, 0.4) is 0 Å². The second kappa shape index (κ2) is 6.86. The smallest absolute Gasteiger partial charge is 0.255 e. The van der Waals surface area contributed by atoms with Crippen molar-refractivity contribution in [2.75, 3.05) is 25.0 Å². The molecule has 2 aliphatic rings. The number of benzene rings is 1. The molecule has 5 rings (SSSR count). The lowest BCUT2D eigenvalue weighted by Gasteiger charge is -2.60. The van der Waals surface area contributed by atoms with Crippen LogP contribution in [-0.4, -0.2) is 51.9 Å². The molecule has 30 heavy (non-hydrogen) atoms. The van der Waals surface area contributed by atoms with Gasteiger partial charge in [0.1, 0.15) is 23.9 Å². The second-order valence-corrected chi connectivity index (χ2v) is 8.93. The Hall–Kier alpha value is -2.82. The summed E-state index contributed by atoms with van der Waals surface area (Å²) in [6.07, 6.45) is 5.46. The SMILES string of the molecule is CN(c1ncnc2[nH]ccc12)C1CC2(C1)CN(C(=O)c1ccc(C#N)c(Cl)c1Cl)C2. The summed E-state index contributed by atoms with van der Waals surface area (Å²) in [5.74, 6) is 0.783. The molecule has 1 amide bonds. The Balaban J connectivity index is 1.24. The Labute approximate surface area is 183 Å². The van der Waals surface area contributed by atoms with Crippen LogP contribution in [0.15, 0.2) is 30.7 Å². The molecule has 152 valence electrons. The molecule has 1 spiro atoms. The van der Waals surface area contributed by atoms with Gasteiger partial charge in [0.15, 0.2) is 0 Å². The number of fused-ring (bicyclic) bond motifs is 1. The Morgan fingerprint density at radius 1 is 1.27 bits per heavy atom. The van der Waals surface area contributed by atoms with Crippen molar-refractivity contribution in [1.29, 1.82) is 5.26 Å². The number of likely N-dealkylation sites (tertiary alicyclic amines) is 1. The van der Waals surface area contributed by atoms with Gasteiger partial charge in [0, 0.05) is 37.8 Å². The zero-order valence-electron chi connectivity index (χ0n) is 16.2. The number of hydrogen-bond acceptors (Lipinski definition) is 5. The maximum absolute atomic E-state index is 12.9. The number of carbonyl (C=O) groups is 1. The van der Waals surface area contributed by atoms with E-state index in [9.17, 15) is 4.79 Å². The van der Waals surface area contributed by atoms with Gasteiger partial charge in [0.25, 0.3) is 5.91 Å². The molecular formula is C21H18Cl2N6O. The summed E-state index contributed by atoms with van der Waals surface area (Å²) >= 11 is 12.3. The molecule has 3 aromatic rings. The monoisotopic (exact) mass is 440 g/mol. The molecule has 1 saturated heterocycles. The Morgan fingerprint density at radius 3 is 2.77 bits per heavy atom. The lowest BCUT2D eigenvalue weighted by molar-refractivity contribution is -0.0541. The van der Waals surface area contributed by atoms with Crippen molar-refractivity contribution in [1.82, 2.24) is 19.9 Å². The normalized spacial score (nSPS) is 17.5. The Morgan fingerprint density at radius 2 is 2.03 bits per heavy atom. The number of anilines is 1. The number of aromatic nitrogens is 3. The summed E-state index contributed by atoms with van der Waals surface area (Å²) in [6.45, 7) is 1.40. The number of halogens is 2. The zero-order chi connectivity index (χ0) is 21.0. The summed E-state index contributed by atoms with van der Waals surface area (Å²) in [5, 5.41) is 10.3. The van der Waals surface area contributed by atoms with Crippen LogP contribution in [0.5, 0.6) is 0 Å². The predicted octanol–water partition coefficient (Wildman–Crippen LogP) is 3.88. The van der Waals surface area contributed by atoms with Gasteiger partial charge in [-0.1, -0.05) is 23.2 Å². The van der Waals surface area contributed by atoms with E-state index in [0.29, 0.717) is 24.7 Å². The van der Waals surface area contributed by atoms with Crippen LogP contribution < -0.4 is 4.90 Å². The number of nitrogens with one attached hydrogen (secondary N) is 1. The number of rotatable bonds is 3. The third-order valence-corrected chi connectivity index (χ3v) is 7.21. The molecule has 3 heterocycles. The quantitative estimate of drug-likeness (QED) is 0.667. The first-order chi connectivity index (χ1) is 14.4. The molecule has 1 N–H and O–H groups in total. The number of carbonyl (C=O) groups excluding carboxylic acids is 1. The van der Waals surface area contributed by atoms with Gasteiger partial charge in [0.05, 0.1) is 26.6 Å². The van der Waals surface area contributed by atoms with Crippen molar-refractivity contribution in [2.24, 2.45) is 5.41 Å². The molecule has 0 atom stereocenters. The molecular weight excluding hydrogens is 423 g/mol. The van der Waals surface area contributed by atoms with Crippen molar-refractivity contribution in [2.45, 2.75) is 18.9 Å². The summed E-state index contributed by atoms with van der Waals surface area (Å²) in [7, 11) is 2.06. The standard InChI is InChI=1S/C21H18Cl2N6O/c1-28(19-15-4-5-25-18(15)26-11-27-19)13-6-21(7-13)9-29(10-21)20(30)14-3-2-12(8-24)16(22)17(14)23/h2-5,11,13H,6-7,9-10H2,1H3,(H,25,26,27). The molecule has 7 nitrogen and oxygen atoms in total. The number of H-pyrrole nitrogens is 1. The highest BCUT2D eigenvalue weighted by Crippen LogP contribution is 2.51. The van der Waals surface area contributed by atoms with Crippen LogP contribution in [0.1, 0.15) is 28.8 Å². The average Bonchev–Trinajstić information content (AvgIpc) is 3.16. The molecule has 0 unspecified atom stereocenters. The molecule has 9 heteroatoms. The highest BCUT2D eigenvalue weighted by atomic mass is 35.5. The van der Waals surface area contributed by atoms with Gasteiger partial charge < -0.3 is 14.8 Å². The number of hydrogen-bond donors (Lipinski definition) is 1. The largest absolute Gasteiger partial charge is 0.356 e. The zero-order valence-corrected chi connectivity index (χ0v) is 17.7. The van der Waals surface area contributed by atoms with E-state index in [1.807, 2.05) is 18.3 Å². The van der Waals surface area contributed by atoms with Crippen molar-refractivity contribution in [3.63, 3.8) is 0 Å². The fourth-order valence-corrected chi connectivity index (χ4v) is 5.12.